The molecular weight excluding hydrogens is 666 g/mol. The van der Waals surface area contributed by atoms with Crippen LogP contribution in [0, 0.1) is 6.92 Å². The lowest BCUT2D eigenvalue weighted by Crippen LogP contribution is -2.62. The number of nitrogens with zero attached hydrogens (tertiary/aromatic N) is 5. The van der Waals surface area contributed by atoms with E-state index in [-0.39, 0.29) is 11.9 Å². The van der Waals surface area contributed by atoms with Gasteiger partial charge < -0.3 is 18.8 Å². The summed E-state index contributed by atoms with van der Waals surface area (Å²) in [5.41, 5.74) is 7.10. The number of amides is 1. The maximum Gasteiger partial charge on any atom is 0.409 e. The molecule has 4 heterocycles. The number of piperidine rings is 1. The molecule has 1 amide bonds. The summed E-state index contributed by atoms with van der Waals surface area (Å²) >= 11 is 6.31. The molecule has 11 heteroatoms. The second kappa shape index (κ2) is 13.7. The number of benzene rings is 3. The van der Waals surface area contributed by atoms with Crippen molar-refractivity contribution in [3.05, 3.63) is 70.4 Å². The predicted octanol–water partition coefficient (Wildman–Crippen LogP) is 8.57. The van der Waals surface area contributed by atoms with Gasteiger partial charge in [0.25, 0.3) is 0 Å². The third-order valence-corrected chi connectivity index (χ3v) is 10.5. The van der Waals surface area contributed by atoms with E-state index >= 15 is 0 Å². The quantitative estimate of drug-likeness (QED) is 0.158. The van der Waals surface area contributed by atoms with Crippen molar-refractivity contribution >= 4 is 45.5 Å². The minimum absolute atomic E-state index is 0.0880. The molecule has 2 aliphatic rings. The van der Waals surface area contributed by atoms with Gasteiger partial charge in [-0.1, -0.05) is 23.7 Å². The number of ether oxygens (including phenoxy) is 2. The van der Waals surface area contributed by atoms with E-state index in [9.17, 15) is 9.59 Å². The Labute approximate surface area is 303 Å². The minimum Gasteiger partial charge on any atom is -0.453 e. The van der Waals surface area contributed by atoms with Crippen LogP contribution in [0.1, 0.15) is 76.3 Å². The molecule has 5 aromatic rings. The van der Waals surface area contributed by atoms with E-state index in [0.29, 0.717) is 34.0 Å². The average molecular weight is 712 g/mol. The number of oxazole rings is 1. The highest BCUT2D eigenvalue weighted by atomic mass is 35.5. The van der Waals surface area contributed by atoms with Gasteiger partial charge in [-0.3, -0.25) is 14.4 Å². The van der Waals surface area contributed by atoms with Crippen molar-refractivity contribution in [2.24, 2.45) is 0 Å². The molecule has 268 valence electrons. The van der Waals surface area contributed by atoms with Crippen LogP contribution in [-0.4, -0.2) is 81.4 Å². The van der Waals surface area contributed by atoms with E-state index in [1.165, 1.54) is 7.11 Å². The van der Waals surface area contributed by atoms with Crippen molar-refractivity contribution in [3.8, 4) is 22.6 Å². The Kier molecular flexibility index (Phi) is 9.45. The van der Waals surface area contributed by atoms with Crippen LogP contribution in [0.4, 0.5) is 4.79 Å². The van der Waals surface area contributed by atoms with Gasteiger partial charge in [0.05, 0.1) is 23.9 Å². The van der Waals surface area contributed by atoms with Crippen molar-refractivity contribution < 1.29 is 23.5 Å². The number of carbonyl (C=O) groups excluding carboxylic acids is 2. The van der Waals surface area contributed by atoms with Crippen molar-refractivity contribution in [2.75, 3.05) is 33.3 Å². The molecule has 1 atom stereocenters. The van der Waals surface area contributed by atoms with Gasteiger partial charge in [0.1, 0.15) is 11.6 Å². The molecule has 51 heavy (non-hydrogen) atoms. The molecule has 2 fully saturated rings. The zero-order valence-electron chi connectivity index (χ0n) is 30.5. The number of aromatic nitrogens is 3. The van der Waals surface area contributed by atoms with Gasteiger partial charge in [-0.05, 0) is 115 Å². The number of methoxy groups -OCH3 is 1. The van der Waals surface area contributed by atoms with Crippen LogP contribution in [0.25, 0.3) is 44.6 Å². The molecule has 3 aromatic carbocycles. The number of ketones is 1. The van der Waals surface area contributed by atoms with Gasteiger partial charge in [0.2, 0.25) is 5.89 Å². The molecule has 2 saturated heterocycles. The third kappa shape index (κ3) is 6.77. The first-order valence-electron chi connectivity index (χ1n) is 17.8. The molecule has 0 spiro atoms. The molecule has 2 aromatic heterocycles. The molecule has 0 radical (unpaired) electrons. The Morgan fingerprint density at radius 3 is 2.35 bits per heavy atom. The molecule has 0 N–H and O–H groups in total. The van der Waals surface area contributed by atoms with Crippen LogP contribution in [0.2, 0.25) is 5.02 Å². The van der Waals surface area contributed by atoms with Crippen molar-refractivity contribution in [1.82, 2.24) is 24.6 Å². The minimum atomic E-state index is -0.796. The zero-order valence-corrected chi connectivity index (χ0v) is 31.2. The molecule has 2 aliphatic heterocycles. The Bertz CT molecular complexity index is 2100. The van der Waals surface area contributed by atoms with Gasteiger partial charge in [-0.15, -0.1) is 0 Å². The van der Waals surface area contributed by atoms with Crippen LogP contribution >= 0.6 is 11.6 Å². The number of halogens is 1. The average Bonchev–Trinajstić information content (AvgIpc) is 3.67. The van der Waals surface area contributed by atoms with E-state index in [1.54, 1.807) is 11.8 Å². The normalized spacial score (nSPS) is 16.9. The summed E-state index contributed by atoms with van der Waals surface area (Å²) in [6, 6.07) is 16.3. The monoisotopic (exact) mass is 711 g/mol. The number of hydrogen-bond donors (Lipinski definition) is 0. The number of aryl methyl sites for hydroxylation is 2. The number of carbonyl (C=O) groups is 2. The van der Waals surface area contributed by atoms with Crippen LogP contribution in [0.3, 0.4) is 0 Å². The lowest BCUT2D eigenvalue weighted by Gasteiger charge is -2.46. The Morgan fingerprint density at radius 2 is 1.73 bits per heavy atom. The number of rotatable bonds is 8. The summed E-state index contributed by atoms with van der Waals surface area (Å²) in [5.74, 6) is 0.732. The second-order valence-corrected chi connectivity index (χ2v) is 15.3. The maximum atomic E-state index is 13.2. The largest absolute Gasteiger partial charge is 0.453 e. The Balaban J connectivity index is 1.26. The summed E-state index contributed by atoms with van der Waals surface area (Å²) in [6.07, 6.45) is 0.949. The van der Waals surface area contributed by atoms with E-state index in [1.807, 2.05) is 64.1 Å². The molecular formula is C40H46ClN5O5. The zero-order chi connectivity index (χ0) is 36.2. The van der Waals surface area contributed by atoms with E-state index in [2.05, 4.69) is 28.6 Å². The van der Waals surface area contributed by atoms with Crippen LogP contribution in [0.15, 0.2) is 52.9 Å². The maximum absolute atomic E-state index is 13.2. The fourth-order valence-electron chi connectivity index (χ4n) is 7.66. The van der Waals surface area contributed by atoms with Crippen LogP contribution in [0.5, 0.6) is 0 Å². The Morgan fingerprint density at radius 1 is 1.04 bits per heavy atom. The molecule has 7 rings (SSSR count). The van der Waals surface area contributed by atoms with Gasteiger partial charge in [0, 0.05) is 58.7 Å². The standard InChI is InChI=1S/C40H46ClN5O5/c1-8-46-32-14-11-27(20-30(32)35(43-46)26-15-17-44(18-16-26)29-21-45(22-29)39(48)49-7)38-42-31-19-23(2)33(36(24(3)47)51-40(4,5)6)34(37(31)50-38)25-9-12-28(41)13-10-25/h9-14,19-20,26,29,36H,8,15-18,21-22H2,1-7H3. The van der Waals surface area contributed by atoms with Crippen molar-refractivity contribution in [2.45, 2.75) is 84.6 Å². The summed E-state index contributed by atoms with van der Waals surface area (Å²) in [7, 11) is 1.43. The SMILES string of the molecule is CCn1nc(C2CCN(C3CN(C(=O)OC)C3)CC2)c2cc(-c3nc4cc(C)c(C(OC(C)(C)C)C(C)=O)c(-c5ccc(Cl)cc5)c4o3)ccc21. The van der Waals surface area contributed by atoms with E-state index in [0.717, 1.165) is 90.0 Å². The highest BCUT2D eigenvalue weighted by Crippen LogP contribution is 2.43. The van der Waals surface area contributed by atoms with Crippen molar-refractivity contribution in [1.29, 1.82) is 0 Å². The van der Waals surface area contributed by atoms with Crippen molar-refractivity contribution in [3.63, 3.8) is 0 Å². The first-order chi connectivity index (χ1) is 24.3. The smallest absolute Gasteiger partial charge is 0.409 e. The summed E-state index contributed by atoms with van der Waals surface area (Å²) in [6.45, 7) is 15.7. The van der Waals surface area contributed by atoms with Gasteiger partial charge in [0.15, 0.2) is 11.4 Å². The summed E-state index contributed by atoms with van der Waals surface area (Å²) in [4.78, 5) is 34.3. The highest BCUT2D eigenvalue weighted by molar-refractivity contribution is 6.30. The molecule has 1 unspecified atom stereocenters. The van der Waals surface area contributed by atoms with Crippen LogP contribution in [-0.2, 0) is 20.8 Å². The molecule has 0 bridgehead atoms. The lowest BCUT2D eigenvalue weighted by molar-refractivity contribution is -0.138. The van der Waals surface area contributed by atoms with Gasteiger partial charge in [-0.25, -0.2) is 9.78 Å². The number of fused-ring (bicyclic) bond motifs is 2. The lowest BCUT2D eigenvalue weighted by atomic mass is 9.89. The number of hydrogen-bond acceptors (Lipinski definition) is 8. The highest BCUT2D eigenvalue weighted by Gasteiger charge is 2.38. The topological polar surface area (TPSA) is 103 Å². The second-order valence-electron chi connectivity index (χ2n) is 14.8. The van der Waals surface area contributed by atoms with E-state index in [4.69, 9.17) is 35.6 Å². The molecule has 0 aliphatic carbocycles. The Hall–Kier alpha value is -4.25. The fraction of sp³-hybridized carbons (Fsp3) is 0.450. The van der Waals surface area contributed by atoms with Gasteiger partial charge in [-0.2, -0.15) is 5.10 Å². The molecule has 10 nitrogen and oxygen atoms in total. The van der Waals surface area contributed by atoms with Gasteiger partial charge >= 0.3 is 6.09 Å². The molecule has 0 saturated carbocycles. The predicted molar refractivity (Wildman–Crippen MR) is 199 cm³/mol. The van der Waals surface area contributed by atoms with E-state index < -0.39 is 11.7 Å². The first-order valence-corrected chi connectivity index (χ1v) is 18.2. The summed E-state index contributed by atoms with van der Waals surface area (Å²) in [5, 5.41) is 6.86. The fourth-order valence-corrected chi connectivity index (χ4v) is 7.78. The number of likely N-dealkylation sites (tertiary alicyclic amines) is 2. The van der Waals surface area contributed by atoms with Crippen LogP contribution < -0.4 is 0 Å². The summed E-state index contributed by atoms with van der Waals surface area (Å²) < 4.78 is 20.1. The number of Topliss-reactive ketones (excluding diaryl/α,β-unsaturated/α-hetero) is 1. The third-order valence-electron chi connectivity index (χ3n) is 10.2. The first kappa shape index (κ1) is 35.2.